The Bertz CT molecular complexity index is 668. The minimum atomic E-state index is -0.175. The minimum Gasteiger partial charge on any atom is -0.494 e. The number of nitrogens with one attached hydrogen (secondary N) is 1. The predicted octanol–water partition coefficient (Wildman–Crippen LogP) is 4.89. The van der Waals surface area contributed by atoms with E-state index in [0.717, 1.165) is 21.7 Å². The van der Waals surface area contributed by atoms with Gasteiger partial charge in [-0.2, -0.15) is 0 Å². The molecule has 0 unspecified atom stereocenters. The van der Waals surface area contributed by atoms with Gasteiger partial charge in [-0.3, -0.25) is 4.79 Å². The molecule has 0 fully saturated rings. The average Bonchev–Trinajstić information content (AvgIpc) is 2.51. The van der Waals surface area contributed by atoms with Gasteiger partial charge in [-0.15, -0.1) is 0 Å². The van der Waals surface area contributed by atoms with Gasteiger partial charge in [0.15, 0.2) is 0 Å². The third-order valence-electron chi connectivity index (χ3n) is 2.98. The molecule has 122 valence electrons. The number of anilines is 1. The first kappa shape index (κ1) is 17.3. The van der Waals surface area contributed by atoms with Gasteiger partial charge in [-0.25, -0.2) is 0 Å². The van der Waals surface area contributed by atoms with E-state index < -0.39 is 0 Å². The third kappa shape index (κ3) is 4.99. The Kier molecular flexibility index (Phi) is 6.04. The molecule has 2 aromatic carbocycles. The van der Waals surface area contributed by atoms with Gasteiger partial charge in [0.2, 0.25) is 0 Å². The van der Waals surface area contributed by atoms with Crippen LogP contribution in [-0.4, -0.2) is 18.6 Å². The molecule has 0 heterocycles. The van der Waals surface area contributed by atoms with E-state index in [0.29, 0.717) is 12.2 Å². The second-order valence-electron chi connectivity index (χ2n) is 5.22. The highest BCUT2D eigenvalue weighted by molar-refractivity contribution is 9.10. The van der Waals surface area contributed by atoms with Gasteiger partial charge in [-0.05, 0) is 79.2 Å². The summed E-state index contributed by atoms with van der Waals surface area (Å²) in [4.78, 5) is 12.3. The van der Waals surface area contributed by atoms with Crippen molar-refractivity contribution in [1.82, 2.24) is 0 Å². The fourth-order valence-electron chi connectivity index (χ4n) is 2.00. The smallest absolute Gasteiger partial charge is 0.255 e. The van der Waals surface area contributed by atoms with E-state index in [1.165, 1.54) is 0 Å². The number of halogens is 1. The Morgan fingerprint density at radius 1 is 1.17 bits per heavy atom. The number of hydrogen-bond donors (Lipinski definition) is 1. The molecule has 2 aromatic rings. The number of carbonyl (C=O) groups excluding carboxylic acids is 1. The van der Waals surface area contributed by atoms with Crippen molar-refractivity contribution < 1.29 is 14.3 Å². The second-order valence-corrected chi connectivity index (χ2v) is 6.08. The van der Waals surface area contributed by atoms with Crippen LogP contribution in [-0.2, 0) is 0 Å². The molecule has 0 saturated heterocycles. The molecule has 0 aliphatic carbocycles. The maximum atomic E-state index is 12.3. The molecule has 0 saturated carbocycles. The molecule has 4 nitrogen and oxygen atoms in total. The molecule has 0 bridgehead atoms. The Balaban J connectivity index is 2.06. The van der Waals surface area contributed by atoms with Crippen LogP contribution in [0.2, 0.25) is 0 Å². The third-order valence-corrected chi connectivity index (χ3v) is 3.60. The van der Waals surface area contributed by atoms with Crippen molar-refractivity contribution in [2.24, 2.45) is 0 Å². The lowest BCUT2D eigenvalue weighted by atomic mass is 10.2. The number of amides is 1. The highest BCUT2D eigenvalue weighted by Gasteiger charge is 2.10. The lowest BCUT2D eigenvalue weighted by Gasteiger charge is -2.12. The molecule has 0 aliphatic heterocycles. The monoisotopic (exact) mass is 377 g/mol. The van der Waals surface area contributed by atoms with E-state index in [9.17, 15) is 4.79 Å². The standard InChI is InChI=1S/C18H20BrNO3/c1-4-22-15-8-6-14(7-9-15)20-18(21)13-5-10-17(16(19)11-13)23-12(2)3/h5-12H,4H2,1-3H3,(H,20,21). The number of rotatable bonds is 6. The van der Waals surface area contributed by atoms with Crippen molar-refractivity contribution in [3.63, 3.8) is 0 Å². The van der Waals surface area contributed by atoms with Crippen molar-refractivity contribution in [2.75, 3.05) is 11.9 Å². The zero-order chi connectivity index (χ0) is 16.8. The van der Waals surface area contributed by atoms with Crippen LogP contribution in [0, 0.1) is 0 Å². The molecule has 2 rings (SSSR count). The van der Waals surface area contributed by atoms with E-state index in [-0.39, 0.29) is 12.0 Å². The molecule has 23 heavy (non-hydrogen) atoms. The molecular weight excluding hydrogens is 358 g/mol. The van der Waals surface area contributed by atoms with Crippen LogP contribution in [0.5, 0.6) is 11.5 Å². The van der Waals surface area contributed by atoms with Gasteiger partial charge in [-0.1, -0.05) is 0 Å². The van der Waals surface area contributed by atoms with Crippen LogP contribution in [0.4, 0.5) is 5.69 Å². The summed E-state index contributed by atoms with van der Waals surface area (Å²) in [7, 11) is 0. The van der Waals surface area contributed by atoms with E-state index in [1.54, 1.807) is 18.2 Å². The van der Waals surface area contributed by atoms with Crippen LogP contribution in [0.15, 0.2) is 46.9 Å². The summed E-state index contributed by atoms with van der Waals surface area (Å²) < 4.78 is 11.8. The fraction of sp³-hybridized carbons (Fsp3) is 0.278. The van der Waals surface area contributed by atoms with Crippen LogP contribution >= 0.6 is 15.9 Å². The summed E-state index contributed by atoms with van der Waals surface area (Å²) in [5.74, 6) is 1.33. The van der Waals surface area contributed by atoms with Crippen molar-refractivity contribution in [3.05, 3.63) is 52.5 Å². The van der Waals surface area contributed by atoms with Crippen LogP contribution in [0.25, 0.3) is 0 Å². The topological polar surface area (TPSA) is 47.6 Å². The quantitative estimate of drug-likeness (QED) is 0.779. The summed E-state index contributed by atoms with van der Waals surface area (Å²) in [6, 6.07) is 12.6. The highest BCUT2D eigenvalue weighted by atomic mass is 79.9. The lowest BCUT2D eigenvalue weighted by molar-refractivity contribution is 0.102. The molecule has 1 amide bonds. The molecule has 0 aliphatic rings. The molecule has 0 radical (unpaired) electrons. The average molecular weight is 378 g/mol. The summed E-state index contributed by atoms with van der Waals surface area (Å²) >= 11 is 3.43. The minimum absolute atomic E-state index is 0.0785. The first-order valence-electron chi connectivity index (χ1n) is 7.50. The number of benzene rings is 2. The van der Waals surface area contributed by atoms with Crippen LogP contribution < -0.4 is 14.8 Å². The molecule has 0 spiro atoms. The van der Waals surface area contributed by atoms with E-state index in [1.807, 2.05) is 45.0 Å². The zero-order valence-electron chi connectivity index (χ0n) is 13.4. The van der Waals surface area contributed by atoms with Crippen molar-refractivity contribution in [1.29, 1.82) is 0 Å². The highest BCUT2D eigenvalue weighted by Crippen LogP contribution is 2.27. The summed E-state index contributed by atoms with van der Waals surface area (Å²) in [6.07, 6.45) is 0.0785. The van der Waals surface area contributed by atoms with Gasteiger partial charge < -0.3 is 14.8 Å². The van der Waals surface area contributed by atoms with Crippen molar-refractivity contribution in [3.8, 4) is 11.5 Å². The summed E-state index contributed by atoms with van der Waals surface area (Å²) in [5, 5.41) is 2.86. The number of hydrogen-bond acceptors (Lipinski definition) is 3. The fourth-order valence-corrected chi connectivity index (χ4v) is 2.47. The van der Waals surface area contributed by atoms with Gasteiger partial charge >= 0.3 is 0 Å². The number of ether oxygens (including phenoxy) is 2. The van der Waals surface area contributed by atoms with Gasteiger partial charge in [0, 0.05) is 11.3 Å². The normalized spacial score (nSPS) is 10.5. The van der Waals surface area contributed by atoms with Gasteiger partial charge in [0.25, 0.3) is 5.91 Å². The van der Waals surface area contributed by atoms with Crippen molar-refractivity contribution in [2.45, 2.75) is 26.9 Å². The second kappa shape index (κ2) is 8.02. The van der Waals surface area contributed by atoms with Gasteiger partial charge in [0.1, 0.15) is 11.5 Å². The predicted molar refractivity (Wildman–Crippen MR) is 95.5 cm³/mol. The summed E-state index contributed by atoms with van der Waals surface area (Å²) in [6.45, 7) is 6.46. The maximum absolute atomic E-state index is 12.3. The molecular formula is C18H20BrNO3. The largest absolute Gasteiger partial charge is 0.494 e. The lowest BCUT2D eigenvalue weighted by Crippen LogP contribution is -2.12. The van der Waals surface area contributed by atoms with Crippen molar-refractivity contribution >= 4 is 27.5 Å². The first-order valence-corrected chi connectivity index (χ1v) is 8.29. The van der Waals surface area contributed by atoms with Crippen LogP contribution in [0.1, 0.15) is 31.1 Å². The van der Waals surface area contributed by atoms with Crippen LogP contribution in [0.3, 0.4) is 0 Å². The maximum Gasteiger partial charge on any atom is 0.255 e. The van der Waals surface area contributed by atoms with E-state index >= 15 is 0 Å². The molecule has 1 N–H and O–H groups in total. The Morgan fingerprint density at radius 2 is 1.87 bits per heavy atom. The van der Waals surface area contributed by atoms with Gasteiger partial charge in [0.05, 0.1) is 17.2 Å². The SMILES string of the molecule is CCOc1ccc(NC(=O)c2ccc(OC(C)C)c(Br)c2)cc1. The zero-order valence-corrected chi connectivity index (χ0v) is 15.0. The van der Waals surface area contributed by atoms with E-state index in [2.05, 4.69) is 21.2 Å². The molecule has 0 aromatic heterocycles. The molecule has 5 heteroatoms. The Morgan fingerprint density at radius 3 is 2.43 bits per heavy atom. The Hall–Kier alpha value is -2.01. The molecule has 0 atom stereocenters. The Labute approximate surface area is 144 Å². The number of carbonyl (C=O) groups is 1. The first-order chi connectivity index (χ1) is 11.0. The summed E-state index contributed by atoms with van der Waals surface area (Å²) in [5.41, 5.74) is 1.28. The van der Waals surface area contributed by atoms with E-state index in [4.69, 9.17) is 9.47 Å².